The van der Waals surface area contributed by atoms with Crippen molar-refractivity contribution in [2.24, 2.45) is 0 Å². The number of nitrogens with two attached hydrogens (primary N) is 2. The fourth-order valence-electron chi connectivity index (χ4n) is 1.74. The molecule has 0 aliphatic rings. The van der Waals surface area contributed by atoms with Crippen molar-refractivity contribution < 1.29 is 0 Å². The highest BCUT2D eigenvalue weighted by molar-refractivity contribution is 14.1. The van der Waals surface area contributed by atoms with Gasteiger partial charge in [-0.2, -0.15) is 0 Å². The van der Waals surface area contributed by atoms with E-state index >= 15 is 0 Å². The van der Waals surface area contributed by atoms with Crippen LogP contribution in [-0.4, -0.2) is 29.9 Å². The summed E-state index contributed by atoms with van der Waals surface area (Å²) in [5.74, 6) is 6.14. The Labute approximate surface area is 203 Å². The molecule has 0 radical (unpaired) electrons. The zero-order valence-corrected chi connectivity index (χ0v) is 21.2. The van der Waals surface area contributed by atoms with Crippen LogP contribution < -0.4 is 11.5 Å². The molecule has 10 heteroatoms. The molecule has 0 saturated carbocycles. The molecule has 3 rings (SSSR count). The molecule has 0 unspecified atom stereocenters. The van der Waals surface area contributed by atoms with Crippen molar-refractivity contribution >= 4 is 57.1 Å². The number of aromatic nitrogens is 6. The van der Waals surface area contributed by atoms with Crippen LogP contribution in [0.3, 0.4) is 0 Å². The molecule has 3 aromatic heterocycles. The van der Waals surface area contributed by atoms with Crippen molar-refractivity contribution in [1.82, 2.24) is 29.9 Å². The Hall–Kier alpha value is -2.58. The zero-order valence-electron chi connectivity index (χ0n) is 16.9. The normalized spacial score (nSPS) is 8.73. The lowest BCUT2D eigenvalue weighted by molar-refractivity contribution is 0.959. The summed E-state index contributed by atoms with van der Waals surface area (Å²) in [5.41, 5.74) is 16.2. The van der Waals surface area contributed by atoms with Crippen molar-refractivity contribution in [3.8, 4) is 19.7 Å². The number of hydrogen-bond donors (Lipinski definition) is 2. The van der Waals surface area contributed by atoms with E-state index in [1.807, 2.05) is 72.9 Å². The van der Waals surface area contributed by atoms with Gasteiger partial charge in [-0.1, -0.05) is 11.8 Å². The fraction of sp³-hybridized carbons (Fsp3) is 0.200. The summed E-state index contributed by atoms with van der Waals surface area (Å²) in [4.78, 5) is 23.7. The highest BCUT2D eigenvalue weighted by atomic mass is 127. The number of aryl methyl sites for hydroxylation is 4. The summed E-state index contributed by atoms with van der Waals surface area (Å²) in [6, 6.07) is 0. The van der Waals surface area contributed by atoms with E-state index < -0.39 is 0 Å². The van der Waals surface area contributed by atoms with E-state index in [1.54, 1.807) is 24.8 Å². The van der Waals surface area contributed by atoms with E-state index in [0.717, 1.165) is 33.9 Å². The van der Waals surface area contributed by atoms with Crippen LogP contribution in [0.1, 0.15) is 33.9 Å². The van der Waals surface area contributed by atoms with E-state index in [4.69, 9.17) is 11.5 Å². The van der Waals surface area contributed by atoms with Crippen LogP contribution in [-0.2, 0) is 0 Å². The van der Waals surface area contributed by atoms with Gasteiger partial charge in [-0.25, -0.2) is 19.9 Å². The van der Waals surface area contributed by atoms with Gasteiger partial charge in [0.15, 0.2) is 0 Å². The minimum Gasteiger partial charge on any atom is -0.368 e. The van der Waals surface area contributed by atoms with Gasteiger partial charge in [-0.05, 0) is 35.5 Å². The standard InChI is InChI=1S/C8H12N2.2C6H4IN3/c1-5-6(2)10-8(4)7(3)9-5;2*7-2-1-5-3-9-6(8)10-4-5/h1-4H3;2*3-4H,(H2,8,9,10). The number of rotatable bonds is 0. The van der Waals surface area contributed by atoms with Crippen LogP contribution in [0.2, 0.25) is 0 Å². The van der Waals surface area contributed by atoms with Gasteiger partial charge in [0.2, 0.25) is 11.9 Å². The largest absolute Gasteiger partial charge is 0.368 e. The lowest BCUT2D eigenvalue weighted by Crippen LogP contribution is -1.97. The van der Waals surface area contributed by atoms with Gasteiger partial charge < -0.3 is 11.5 Å². The summed E-state index contributed by atoms with van der Waals surface area (Å²) < 4.78 is 5.41. The summed E-state index contributed by atoms with van der Waals surface area (Å²) in [6.45, 7) is 7.92. The van der Waals surface area contributed by atoms with Crippen LogP contribution in [0.5, 0.6) is 0 Å². The predicted molar refractivity (Wildman–Crippen MR) is 136 cm³/mol. The number of nitrogen functional groups attached to an aromatic ring is 2. The maximum atomic E-state index is 5.25. The number of anilines is 2. The van der Waals surface area contributed by atoms with Crippen molar-refractivity contribution in [1.29, 1.82) is 0 Å². The summed E-state index contributed by atoms with van der Waals surface area (Å²) in [7, 11) is 0. The highest BCUT2D eigenvalue weighted by Gasteiger charge is 1.98. The summed E-state index contributed by atoms with van der Waals surface area (Å²) in [5, 5.41) is 0. The van der Waals surface area contributed by atoms with Gasteiger partial charge in [0.1, 0.15) is 0 Å². The second-order valence-corrected chi connectivity index (χ2v) is 6.74. The third-order valence-electron chi connectivity index (χ3n) is 3.44. The smallest absolute Gasteiger partial charge is 0.219 e. The predicted octanol–water partition coefficient (Wildman–Crippen LogP) is 3.32. The molecule has 3 aromatic rings. The van der Waals surface area contributed by atoms with Gasteiger partial charge in [0.05, 0.1) is 33.9 Å². The molecule has 0 atom stereocenters. The van der Waals surface area contributed by atoms with Gasteiger partial charge in [0.25, 0.3) is 0 Å². The maximum Gasteiger partial charge on any atom is 0.219 e. The average Bonchev–Trinajstić information content (AvgIpc) is 2.71. The molecule has 0 bridgehead atoms. The lowest BCUT2D eigenvalue weighted by Gasteiger charge is -2.01. The summed E-state index contributed by atoms with van der Waals surface area (Å²) in [6.07, 6.45) is 6.37. The molecule has 0 aliphatic heterocycles. The van der Waals surface area contributed by atoms with E-state index in [9.17, 15) is 0 Å². The first-order valence-corrected chi connectivity index (χ1v) is 10.6. The second kappa shape index (κ2) is 13.6. The topological polar surface area (TPSA) is 129 Å². The Morgan fingerprint density at radius 2 is 0.867 bits per heavy atom. The zero-order chi connectivity index (χ0) is 22.5. The molecule has 0 aliphatic carbocycles. The molecule has 154 valence electrons. The molecule has 0 aromatic carbocycles. The molecule has 3 heterocycles. The van der Waals surface area contributed by atoms with Crippen LogP contribution in [0, 0.1) is 47.4 Å². The van der Waals surface area contributed by atoms with Gasteiger partial charge in [-0.15, -0.1) is 0 Å². The first-order valence-electron chi connectivity index (χ1n) is 8.43. The Balaban J connectivity index is 0.000000225. The molecular formula is C20H20I2N8. The fourth-order valence-corrected chi connectivity index (χ4v) is 2.36. The lowest BCUT2D eigenvalue weighted by atomic mass is 10.3. The van der Waals surface area contributed by atoms with E-state index in [2.05, 4.69) is 49.6 Å². The number of hydrogen-bond acceptors (Lipinski definition) is 8. The number of nitrogens with zero attached hydrogens (tertiary/aromatic N) is 6. The first kappa shape index (κ1) is 25.5. The molecule has 4 N–H and O–H groups in total. The van der Waals surface area contributed by atoms with E-state index in [0.29, 0.717) is 0 Å². The third kappa shape index (κ3) is 9.76. The monoisotopic (exact) mass is 626 g/mol. The van der Waals surface area contributed by atoms with Gasteiger partial charge in [0, 0.05) is 70.0 Å². The molecule has 8 nitrogen and oxygen atoms in total. The number of halogens is 2. The van der Waals surface area contributed by atoms with Gasteiger partial charge in [-0.3, -0.25) is 9.97 Å². The van der Waals surface area contributed by atoms with Crippen molar-refractivity contribution in [3.63, 3.8) is 0 Å². The summed E-state index contributed by atoms with van der Waals surface area (Å²) >= 11 is 3.90. The van der Waals surface area contributed by atoms with Crippen LogP contribution in [0.25, 0.3) is 0 Å². The Bertz CT molecular complexity index is 965. The van der Waals surface area contributed by atoms with Gasteiger partial charge >= 0.3 is 0 Å². The van der Waals surface area contributed by atoms with Crippen LogP contribution in [0.4, 0.5) is 11.9 Å². The Kier molecular flexibility index (Phi) is 11.5. The molecule has 0 spiro atoms. The van der Waals surface area contributed by atoms with Crippen molar-refractivity contribution in [2.75, 3.05) is 11.5 Å². The molecule has 0 amide bonds. The first-order chi connectivity index (χ1) is 14.3. The molecule has 0 saturated heterocycles. The minimum absolute atomic E-state index is 0.277. The van der Waals surface area contributed by atoms with E-state index in [-0.39, 0.29) is 11.9 Å². The van der Waals surface area contributed by atoms with Crippen molar-refractivity contribution in [3.05, 3.63) is 58.7 Å². The minimum atomic E-state index is 0.277. The van der Waals surface area contributed by atoms with E-state index in [1.165, 1.54) is 0 Å². The maximum absolute atomic E-state index is 5.25. The molecule has 0 fully saturated rings. The van der Waals surface area contributed by atoms with Crippen molar-refractivity contribution in [2.45, 2.75) is 27.7 Å². The van der Waals surface area contributed by atoms with Crippen LogP contribution in [0.15, 0.2) is 24.8 Å². The third-order valence-corrected chi connectivity index (χ3v) is 3.98. The highest BCUT2D eigenvalue weighted by Crippen LogP contribution is 2.04. The molecular weight excluding hydrogens is 606 g/mol. The quantitative estimate of drug-likeness (QED) is 0.288. The SMILES string of the molecule is Cc1nc(C)c(C)nc1C.Nc1ncc(C#CI)cn1.Nc1ncc(C#CI)cn1. The van der Waals surface area contributed by atoms with Crippen LogP contribution >= 0.6 is 45.2 Å². The Morgan fingerprint density at radius 1 is 0.600 bits per heavy atom. The Morgan fingerprint density at radius 3 is 1.10 bits per heavy atom. The molecule has 30 heavy (non-hydrogen) atoms. The average molecular weight is 626 g/mol. The second-order valence-electron chi connectivity index (χ2n) is 5.66.